The van der Waals surface area contributed by atoms with Gasteiger partial charge in [0.05, 0.1) is 0 Å². The largest absolute Gasteiger partial charge is 0.508 e. The first kappa shape index (κ1) is 10.4. The molecule has 0 heterocycles. The van der Waals surface area contributed by atoms with Crippen molar-refractivity contribution < 1.29 is 10.2 Å². The molecule has 17 heavy (non-hydrogen) atoms. The van der Waals surface area contributed by atoms with Crippen molar-refractivity contribution in [2.24, 2.45) is 5.73 Å². The van der Waals surface area contributed by atoms with E-state index in [4.69, 9.17) is 5.73 Å². The minimum Gasteiger partial charge on any atom is -0.508 e. The van der Waals surface area contributed by atoms with Gasteiger partial charge in [0.25, 0.3) is 0 Å². The van der Waals surface area contributed by atoms with E-state index in [9.17, 15) is 10.2 Å². The van der Waals surface area contributed by atoms with Gasteiger partial charge in [0.15, 0.2) is 0 Å². The summed E-state index contributed by atoms with van der Waals surface area (Å²) in [6, 6.07) is 8.69. The summed E-state index contributed by atoms with van der Waals surface area (Å²) < 4.78 is 0. The minimum atomic E-state index is -0.433. The Morgan fingerprint density at radius 3 is 2.41 bits per heavy atom. The Bertz CT molecular complexity index is 583. The number of rotatable bonds is 1. The van der Waals surface area contributed by atoms with E-state index in [-0.39, 0.29) is 11.5 Å². The Balaban J connectivity index is 2.34. The van der Waals surface area contributed by atoms with E-state index in [1.54, 1.807) is 18.2 Å². The van der Waals surface area contributed by atoms with Crippen LogP contribution in [0.25, 0.3) is 10.8 Å². The molecule has 1 aliphatic carbocycles. The monoisotopic (exact) mass is 229 g/mol. The number of hydrogen-bond acceptors (Lipinski definition) is 3. The summed E-state index contributed by atoms with van der Waals surface area (Å²) in [6.45, 7) is 0. The fourth-order valence-electron chi connectivity index (χ4n) is 2.63. The van der Waals surface area contributed by atoms with E-state index in [0.29, 0.717) is 0 Å². The molecule has 2 aromatic rings. The van der Waals surface area contributed by atoms with Gasteiger partial charge in [0.1, 0.15) is 11.5 Å². The lowest BCUT2D eigenvalue weighted by Gasteiger charge is -2.39. The van der Waals surface area contributed by atoms with E-state index < -0.39 is 5.54 Å². The Hall–Kier alpha value is -1.74. The van der Waals surface area contributed by atoms with Crippen molar-refractivity contribution >= 4 is 10.8 Å². The summed E-state index contributed by atoms with van der Waals surface area (Å²) in [5, 5.41) is 21.5. The molecule has 4 N–H and O–H groups in total. The van der Waals surface area contributed by atoms with Gasteiger partial charge in [-0.05, 0) is 48.2 Å². The molecular formula is C14H15NO2. The lowest BCUT2D eigenvalue weighted by Crippen LogP contribution is -2.43. The highest BCUT2D eigenvalue weighted by Crippen LogP contribution is 2.46. The van der Waals surface area contributed by atoms with Crippen molar-refractivity contribution in [3.63, 3.8) is 0 Å². The maximum Gasteiger partial charge on any atom is 0.121 e. The summed E-state index contributed by atoms with van der Waals surface area (Å²) in [7, 11) is 0. The third kappa shape index (κ3) is 1.46. The van der Waals surface area contributed by atoms with Crippen LogP contribution in [0.4, 0.5) is 0 Å². The van der Waals surface area contributed by atoms with Gasteiger partial charge >= 0.3 is 0 Å². The van der Waals surface area contributed by atoms with Crippen LogP contribution in [0.2, 0.25) is 0 Å². The third-order valence-corrected chi connectivity index (χ3v) is 3.73. The normalized spacial score (nSPS) is 17.9. The predicted octanol–water partition coefficient (Wildman–Crippen LogP) is 2.59. The molecule has 0 unspecified atom stereocenters. The molecule has 0 radical (unpaired) electrons. The van der Waals surface area contributed by atoms with Gasteiger partial charge in [-0.1, -0.05) is 12.1 Å². The molecule has 0 amide bonds. The zero-order valence-corrected chi connectivity index (χ0v) is 9.48. The maximum absolute atomic E-state index is 10.0. The van der Waals surface area contributed by atoms with Crippen LogP contribution in [-0.2, 0) is 5.54 Å². The number of hydrogen-bond donors (Lipinski definition) is 3. The zero-order chi connectivity index (χ0) is 12.0. The van der Waals surface area contributed by atoms with E-state index in [1.165, 1.54) is 0 Å². The summed E-state index contributed by atoms with van der Waals surface area (Å²) >= 11 is 0. The van der Waals surface area contributed by atoms with Gasteiger partial charge in [-0.15, -0.1) is 0 Å². The second-order valence-electron chi connectivity index (χ2n) is 4.87. The highest BCUT2D eigenvalue weighted by molar-refractivity contribution is 5.90. The average molecular weight is 229 g/mol. The molecule has 1 saturated carbocycles. The molecule has 0 atom stereocenters. The van der Waals surface area contributed by atoms with Crippen LogP contribution >= 0.6 is 0 Å². The van der Waals surface area contributed by atoms with E-state index in [2.05, 4.69) is 0 Å². The van der Waals surface area contributed by atoms with Gasteiger partial charge in [-0.3, -0.25) is 0 Å². The average Bonchev–Trinajstić information content (AvgIpc) is 2.26. The van der Waals surface area contributed by atoms with Crippen molar-refractivity contribution in [3.05, 3.63) is 35.9 Å². The molecule has 0 saturated heterocycles. The number of phenolic OH excluding ortho intramolecular Hbond substituents is 2. The molecule has 3 heteroatoms. The molecule has 1 fully saturated rings. The van der Waals surface area contributed by atoms with Crippen molar-refractivity contribution in [2.45, 2.75) is 24.8 Å². The van der Waals surface area contributed by atoms with Crippen molar-refractivity contribution in [1.29, 1.82) is 0 Å². The first-order chi connectivity index (χ1) is 8.10. The van der Waals surface area contributed by atoms with Gasteiger partial charge < -0.3 is 15.9 Å². The topological polar surface area (TPSA) is 66.5 Å². The van der Waals surface area contributed by atoms with Gasteiger partial charge in [-0.2, -0.15) is 0 Å². The van der Waals surface area contributed by atoms with Gasteiger partial charge in [0, 0.05) is 11.1 Å². The lowest BCUT2D eigenvalue weighted by atomic mass is 9.71. The summed E-state index contributed by atoms with van der Waals surface area (Å²) in [5.41, 5.74) is 6.64. The van der Waals surface area contributed by atoms with Gasteiger partial charge in [-0.25, -0.2) is 0 Å². The maximum atomic E-state index is 10.0. The van der Waals surface area contributed by atoms with Crippen LogP contribution in [-0.4, -0.2) is 10.2 Å². The fourth-order valence-corrected chi connectivity index (χ4v) is 2.63. The molecule has 3 rings (SSSR count). The number of fused-ring (bicyclic) bond motifs is 1. The number of phenols is 2. The van der Waals surface area contributed by atoms with Crippen LogP contribution in [0.1, 0.15) is 24.8 Å². The Labute approximate surface area is 99.5 Å². The van der Waals surface area contributed by atoms with Crippen LogP contribution in [0.3, 0.4) is 0 Å². The first-order valence-corrected chi connectivity index (χ1v) is 5.84. The predicted molar refractivity (Wildman–Crippen MR) is 67.0 cm³/mol. The van der Waals surface area contributed by atoms with Crippen LogP contribution < -0.4 is 5.73 Å². The van der Waals surface area contributed by atoms with Crippen LogP contribution in [0, 0.1) is 0 Å². The van der Waals surface area contributed by atoms with Gasteiger partial charge in [0.2, 0.25) is 0 Å². The Morgan fingerprint density at radius 1 is 1.06 bits per heavy atom. The fraction of sp³-hybridized carbons (Fsp3) is 0.286. The number of nitrogens with two attached hydrogens (primary N) is 1. The Kier molecular flexibility index (Phi) is 2.07. The summed E-state index contributed by atoms with van der Waals surface area (Å²) in [6.07, 6.45) is 2.86. The Morgan fingerprint density at radius 2 is 1.76 bits per heavy atom. The van der Waals surface area contributed by atoms with Crippen LogP contribution in [0.5, 0.6) is 11.5 Å². The van der Waals surface area contributed by atoms with Crippen molar-refractivity contribution in [1.82, 2.24) is 0 Å². The minimum absolute atomic E-state index is 0.201. The molecule has 0 spiro atoms. The third-order valence-electron chi connectivity index (χ3n) is 3.73. The first-order valence-electron chi connectivity index (χ1n) is 5.84. The van der Waals surface area contributed by atoms with Crippen molar-refractivity contribution in [2.75, 3.05) is 0 Å². The van der Waals surface area contributed by atoms with Crippen LogP contribution in [0.15, 0.2) is 30.3 Å². The second-order valence-corrected chi connectivity index (χ2v) is 4.87. The molecule has 0 bridgehead atoms. The highest BCUT2D eigenvalue weighted by Gasteiger charge is 2.37. The summed E-state index contributed by atoms with van der Waals surface area (Å²) in [5.74, 6) is 0.428. The van der Waals surface area contributed by atoms with E-state index in [0.717, 1.165) is 35.6 Å². The van der Waals surface area contributed by atoms with E-state index >= 15 is 0 Å². The summed E-state index contributed by atoms with van der Waals surface area (Å²) in [4.78, 5) is 0. The molecule has 0 aliphatic heterocycles. The molecule has 2 aromatic carbocycles. The molecule has 1 aliphatic rings. The molecule has 0 aromatic heterocycles. The smallest absolute Gasteiger partial charge is 0.121 e. The zero-order valence-electron chi connectivity index (χ0n) is 9.48. The van der Waals surface area contributed by atoms with E-state index in [1.807, 2.05) is 12.1 Å². The van der Waals surface area contributed by atoms with Crippen molar-refractivity contribution in [3.8, 4) is 11.5 Å². The highest BCUT2D eigenvalue weighted by atomic mass is 16.3. The molecular weight excluding hydrogens is 214 g/mol. The standard InChI is InChI=1S/C14H15NO2/c15-14(6-1-7-14)13-11-8-10(16)4-2-9(11)3-5-12(13)17/h2-5,8,16-17H,1,6-7,15H2. The SMILES string of the molecule is NC1(c2c(O)ccc3ccc(O)cc23)CCC1. The quantitative estimate of drug-likeness (QED) is 0.704. The second kappa shape index (κ2) is 3.37. The number of benzene rings is 2. The lowest BCUT2D eigenvalue weighted by molar-refractivity contribution is 0.248. The molecule has 88 valence electrons. The number of aromatic hydroxyl groups is 2. The molecule has 3 nitrogen and oxygen atoms in total.